The van der Waals surface area contributed by atoms with Crippen LogP contribution in [0.5, 0.6) is 0 Å². The van der Waals surface area contributed by atoms with E-state index in [4.69, 9.17) is 0 Å². The minimum absolute atomic E-state index is 0.225. The van der Waals surface area contributed by atoms with Crippen LogP contribution < -0.4 is 10.2 Å². The first-order valence-corrected chi connectivity index (χ1v) is 21.5. The molecule has 4 aromatic rings. The smallest absolute Gasteiger partial charge is 0.262 e. The van der Waals surface area contributed by atoms with Crippen LogP contribution in [0.25, 0.3) is 10.9 Å². The number of para-hydroxylation sites is 1. The summed E-state index contributed by atoms with van der Waals surface area (Å²) in [4.78, 5) is 54.0. The van der Waals surface area contributed by atoms with Gasteiger partial charge in [0, 0.05) is 74.6 Å². The number of H-pyrrole nitrogens is 1. The van der Waals surface area contributed by atoms with E-state index in [9.17, 15) is 23.2 Å². The fraction of sp³-hybridized carbons (Fsp3) is 0.468. The predicted molar refractivity (Wildman–Crippen MR) is 226 cm³/mol. The summed E-state index contributed by atoms with van der Waals surface area (Å²) in [5.74, 6) is -0.465. The molecular weight excluding hydrogens is 749 g/mol. The number of halogens is 2. The number of amides is 3. The number of anilines is 1. The van der Waals surface area contributed by atoms with E-state index in [1.165, 1.54) is 23.7 Å². The number of hydrogen-bond acceptors (Lipinski definition) is 7. The third kappa shape index (κ3) is 7.59. The van der Waals surface area contributed by atoms with Gasteiger partial charge in [-0.1, -0.05) is 36.4 Å². The molecule has 310 valence electrons. The Balaban J connectivity index is 0.766. The first kappa shape index (κ1) is 39.5. The lowest BCUT2D eigenvalue weighted by molar-refractivity contribution is -0.124. The highest BCUT2D eigenvalue weighted by Gasteiger charge is 2.44. The molecule has 12 heteroatoms. The molecule has 2 saturated heterocycles. The van der Waals surface area contributed by atoms with Crippen molar-refractivity contribution in [1.82, 2.24) is 29.9 Å². The molecule has 0 aliphatic carbocycles. The van der Waals surface area contributed by atoms with Crippen LogP contribution in [0.2, 0.25) is 0 Å². The summed E-state index contributed by atoms with van der Waals surface area (Å²) in [5, 5.41) is 3.80. The first-order chi connectivity index (χ1) is 28.7. The third-order valence-corrected chi connectivity index (χ3v) is 13.8. The number of likely N-dealkylation sites (N-methyl/N-ethyl adjacent to an activating group) is 1. The molecule has 10 nitrogen and oxygen atoms in total. The number of carbonyl (C=O) groups is 3. The highest BCUT2D eigenvalue weighted by Crippen LogP contribution is 2.40. The maximum Gasteiger partial charge on any atom is 0.262 e. The zero-order chi connectivity index (χ0) is 40.8. The summed E-state index contributed by atoms with van der Waals surface area (Å²) in [5.41, 5.74) is 8.61. The fourth-order valence-corrected chi connectivity index (χ4v) is 10.7. The second kappa shape index (κ2) is 16.6. The molecule has 6 heterocycles. The Kier molecular flexibility index (Phi) is 11.1. The lowest BCUT2D eigenvalue weighted by atomic mass is 9.91. The van der Waals surface area contributed by atoms with E-state index < -0.39 is 12.5 Å². The molecule has 5 aliphatic rings. The lowest BCUT2D eigenvalue weighted by Crippen LogP contribution is -2.48. The van der Waals surface area contributed by atoms with Crippen LogP contribution in [-0.4, -0.2) is 114 Å². The molecule has 59 heavy (non-hydrogen) atoms. The van der Waals surface area contributed by atoms with E-state index in [1.54, 1.807) is 6.08 Å². The van der Waals surface area contributed by atoms with Crippen molar-refractivity contribution in [3.05, 3.63) is 112 Å². The Labute approximate surface area is 345 Å². The summed E-state index contributed by atoms with van der Waals surface area (Å²) in [6, 6.07) is 20.1. The normalized spacial score (nSPS) is 21.3. The summed E-state index contributed by atoms with van der Waals surface area (Å²) in [6.45, 7) is 10.9. The van der Waals surface area contributed by atoms with Crippen molar-refractivity contribution in [2.24, 2.45) is 5.92 Å². The minimum atomic E-state index is -2.39. The molecule has 3 amide bonds. The van der Waals surface area contributed by atoms with Crippen molar-refractivity contribution in [2.45, 2.75) is 82.6 Å². The van der Waals surface area contributed by atoms with Gasteiger partial charge in [-0.3, -0.25) is 29.1 Å². The molecule has 0 radical (unpaired) electrons. The number of rotatable bonds is 12. The van der Waals surface area contributed by atoms with E-state index >= 15 is 0 Å². The van der Waals surface area contributed by atoms with Gasteiger partial charge in [0.25, 0.3) is 18.2 Å². The number of imide groups is 1. The standard InChI is InChI=1S/C47H55F2N7O3/c1-3-4-9-41(45(57)50-2)56-46(58)38-24-32-27-55(28-33(32)25-39(38)47(56)59)35-16-19-52(20-17-35)26-30-14-21-53(22-15-30)34-12-10-31(11-13-34)44-43-37(18-23-54(44)29-42(48)49)36-7-5-6-8-40(36)51-43/h3,5-8,10-13,24-25,30,35,41-42,44,51H,1,4,9,14-23,26-29H2,2H3,(H,50,57). The van der Waals surface area contributed by atoms with Crippen LogP contribution in [0, 0.1) is 5.92 Å². The zero-order valence-corrected chi connectivity index (χ0v) is 34.0. The van der Waals surface area contributed by atoms with E-state index in [-0.39, 0.29) is 30.3 Å². The number of hydrogen-bond donors (Lipinski definition) is 2. The van der Waals surface area contributed by atoms with Crippen molar-refractivity contribution in [3.8, 4) is 0 Å². The highest BCUT2D eigenvalue weighted by atomic mass is 19.3. The molecular formula is C47H55F2N7O3. The number of nitrogens with zero attached hydrogens (tertiary/aromatic N) is 5. The van der Waals surface area contributed by atoms with Gasteiger partial charge in [0.1, 0.15) is 6.04 Å². The van der Waals surface area contributed by atoms with Crippen LogP contribution in [0.15, 0.2) is 73.3 Å². The molecule has 2 N–H and O–H groups in total. The second-order valence-electron chi connectivity index (χ2n) is 17.2. The Morgan fingerprint density at radius 1 is 0.915 bits per heavy atom. The Bertz CT molecular complexity index is 2180. The second-order valence-corrected chi connectivity index (χ2v) is 17.2. The van der Waals surface area contributed by atoms with Crippen LogP contribution in [-0.2, 0) is 24.3 Å². The number of fused-ring (bicyclic) bond motifs is 5. The molecule has 9 rings (SSSR count). The van der Waals surface area contributed by atoms with E-state index in [1.807, 2.05) is 29.2 Å². The highest BCUT2D eigenvalue weighted by molar-refractivity contribution is 6.23. The van der Waals surface area contributed by atoms with Gasteiger partial charge >= 0.3 is 0 Å². The number of carbonyl (C=O) groups excluding carboxylic acids is 3. The Morgan fingerprint density at radius 3 is 2.24 bits per heavy atom. The number of piperidine rings is 2. The number of nitrogens with one attached hydrogen (secondary N) is 2. The van der Waals surface area contributed by atoms with Crippen LogP contribution in [0.3, 0.4) is 0 Å². The monoisotopic (exact) mass is 803 g/mol. The third-order valence-electron chi connectivity index (χ3n) is 13.8. The van der Waals surface area contributed by atoms with Crippen LogP contribution in [0.4, 0.5) is 14.5 Å². The Morgan fingerprint density at radius 2 is 1.59 bits per heavy atom. The number of likely N-dealkylation sites (tertiary alicyclic amines) is 1. The SMILES string of the molecule is C=CCCC(C(=O)NC)N1C(=O)c2cc3c(cc2C1=O)CN(C1CCN(CC2CCN(c4ccc(C5c6[nH]c7ccccc7c6CCN5CC(F)F)cc4)CC2)CC1)C3. The summed E-state index contributed by atoms with van der Waals surface area (Å²) >= 11 is 0. The largest absolute Gasteiger partial charge is 0.372 e. The van der Waals surface area contributed by atoms with Gasteiger partial charge in [0.2, 0.25) is 5.91 Å². The maximum absolute atomic E-state index is 13.7. The van der Waals surface area contributed by atoms with Crippen molar-refractivity contribution in [1.29, 1.82) is 0 Å². The Hall–Kier alpha value is -4.91. The molecule has 2 atom stereocenters. The summed E-state index contributed by atoms with van der Waals surface area (Å²) in [7, 11) is 1.52. The molecule has 2 fully saturated rings. The number of allylic oxidation sites excluding steroid dienone is 1. The molecule has 0 spiro atoms. The molecule has 2 unspecified atom stereocenters. The number of benzene rings is 3. The average molecular weight is 804 g/mol. The van der Waals surface area contributed by atoms with Gasteiger partial charge in [-0.15, -0.1) is 6.58 Å². The quantitative estimate of drug-likeness (QED) is 0.121. The van der Waals surface area contributed by atoms with Crippen molar-refractivity contribution in [3.63, 3.8) is 0 Å². The summed E-state index contributed by atoms with van der Waals surface area (Å²) in [6.07, 6.45) is 5.41. The van der Waals surface area contributed by atoms with E-state index in [0.717, 1.165) is 111 Å². The van der Waals surface area contributed by atoms with Crippen molar-refractivity contribution < 1.29 is 23.2 Å². The summed E-state index contributed by atoms with van der Waals surface area (Å²) < 4.78 is 27.5. The molecule has 3 aromatic carbocycles. The predicted octanol–water partition coefficient (Wildman–Crippen LogP) is 6.75. The maximum atomic E-state index is 13.7. The van der Waals surface area contributed by atoms with E-state index in [0.29, 0.717) is 42.5 Å². The lowest BCUT2D eigenvalue weighted by Gasteiger charge is -2.40. The molecule has 1 aromatic heterocycles. The van der Waals surface area contributed by atoms with Gasteiger partial charge in [0.05, 0.1) is 23.7 Å². The first-order valence-electron chi connectivity index (χ1n) is 21.5. The van der Waals surface area contributed by atoms with Gasteiger partial charge in [0.15, 0.2) is 0 Å². The van der Waals surface area contributed by atoms with Crippen molar-refractivity contribution >= 4 is 34.3 Å². The topological polar surface area (TPSA) is 95.2 Å². The number of aromatic amines is 1. The molecule has 5 aliphatic heterocycles. The van der Waals surface area contributed by atoms with Gasteiger partial charge < -0.3 is 20.1 Å². The number of aromatic nitrogens is 1. The minimum Gasteiger partial charge on any atom is -0.372 e. The van der Waals surface area contributed by atoms with Crippen molar-refractivity contribution in [2.75, 3.05) is 57.8 Å². The molecule has 0 saturated carbocycles. The van der Waals surface area contributed by atoms with E-state index in [2.05, 4.69) is 68.0 Å². The van der Waals surface area contributed by atoms with Gasteiger partial charge in [-0.25, -0.2) is 8.78 Å². The fourth-order valence-electron chi connectivity index (χ4n) is 10.7. The number of alkyl halides is 2. The zero-order valence-electron chi connectivity index (χ0n) is 34.0. The van der Waals surface area contributed by atoms with Gasteiger partial charge in [-0.05, 0) is 117 Å². The van der Waals surface area contributed by atoms with Gasteiger partial charge in [-0.2, -0.15) is 0 Å². The van der Waals surface area contributed by atoms with Crippen LogP contribution in [0.1, 0.15) is 93.2 Å². The molecule has 0 bridgehead atoms. The van der Waals surface area contributed by atoms with Crippen LogP contribution >= 0.6 is 0 Å². The average Bonchev–Trinajstić information content (AvgIpc) is 3.92.